The van der Waals surface area contributed by atoms with Crippen LogP contribution in [0.15, 0.2) is 46.5 Å². The maximum Gasteiger partial charge on any atom is 0.257 e. The molecule has 1 saturated heterocycles. The van der Waals surface area contributed by atoms with Crippen LogP contribution in [-0.4, -0.2) is 44.8 Å². The molecule has 0 spiro atoms. The van der Waals surface area contributed by atoms with Gasteiger partial charge < -0.3 is 9.64 Å². The Labute approximate surface area is 185 Å². The first kappa shape index (κ1) is 20.1. The van der Waals surface area contributed by atoms with E-state index in [-0.39, 0.29) is 17.8 Å². The van der Waals surface area contributed by atoms with Gasteiger partial charge in [-0.15, -0.1) is 3.82 Å². The number of hydrazine groups is 1. The first-order valence-electron chi connectivity index (χ1n) is 10.4. The second-order valence-corrected chi connectivity index (χ2v) is 10.2. The number of hydrogen-bond donors (Lipinski definition) is 1. The number of hydrogen-bond acceptors (Lipinski definition) is 9. The van der Waals surface area contributed by atoms with Gasteiger partial charge in [-0.25, -0.2) is 15.4 Å². The maximum atomic E-state index is 11.6. The zero-order valence-corrected chi connectivity index (χ0v) is 18.5. The molecule has 2 aromatic rings. The fourth-order valence-corrected chi connectivity index (χ4v) is 6.25. The monoisotopic (exact) mass is 443 g/mol. The van der Waals surface area contributed by atoms with Crippen molar-refractivity contribution in [2.24, 2.45) is 5.92 Å². The number of rotatable bonds is 6. The molecule has 3 heterocycles. The molecular formula is C21H25N5O2S2. The van der Waals surface area contributed by atoms with Gasteiger partial charge in [0.05, 0.1) is 0 Å². The Hall–Kier alpha value is -1.81. The molecule has 1 aromatic heterocycles. The smallest absolute Gasteiger partial charge is 0.257 e. The number of anilines is 1. The summed E-state index contributed by atoms with van der Waals surface area (Å²) in [6.07, 6.45) is 7.16. The van der Waals surface area contributed by atoms with Gasteiger partial charge in [-0.3, -0.25) is 4.79 Å². The highest BCUT2D eigenvalue weighted by Gasteiger charge is 2.35. The van der Waals surface area contributed by atoms with Gasteiger partial charge in [0.2, 0.25) is 0 Å². The predicted octanol–water partition coefficient (Wildman–Crippen LogP) is 3.73. The lowest BCUT2D eigenvalue weighted by Gasteiger charge is -2.38. The van der Waals surface area contributed by atoms with Gasteiger partial charge in [0, 0.05) is 60.1 Å². The molecule has 1 saturated carbocycles. The van der Waals surface area contributed by atoms with E-state index in [9.17, 15) is 4.79 Å². The molecule has 158 valence electrons. The number of fused-ring (bicyclic) bond motifs is 1. The highest BCUT2D eigenvalue weighted by molar-refractivity contribution is 8.14. The maximum absolute atomic E-state index is 11.6. The molecule has 5 rings (SSSR count). The van der Waals surface area contributed by atoms with Crippen molar-refractivity contribution in [1.29, 1.82) is 0 Å². The minimum atomic E-state index is 0.146. The van der Waals surface area contributed by atoms with Crippen molar-refractivity contribution >= 4 is 35.5 Å². The standard InChI is InChI=1S/C21H25N5O2S2/c1-14(27)15-6-10-25(11-7-15)20-21(23-9-8-22-20)28-17-12-16(13-17)24-26-29-18-4-2-3-5-19(18)30-26/h2-5,8-9,15-17,24H,6-7,10-13H2,1H3. The van der Waals surface area contributed by atoms with Crippen molar-refractivity contribution < 1.29 is 9.53 Å². The van der Waals surface area contributed by atoms with Gasteiger partial charge in [-0.05, 0) is 55.8 Å². The van der Waals surface area contributed by atoms with Crippen molar-refractivity contribution in [3.05, 3.63) is 36.7 Å². The molecule has 2 aliphatic heterocycles. The zero-order valence-electron chi connectivity index (χ0n) is 16.9. The number of nitrogens with one attached hydrogen (secondary N) is 1. The number of carbonyl (C=O) groups is 1. The fourth-order valence-electron chi connectivity index (χ4n) is 4.04. The predicted molar refractivity (Wildman–Crippen MR) is 118 cm³/mol. The Bertz CT molecular complexity index is 891. The third kappa shape index (κ3) is 4.30. The number of carbonyl (C=O) groups excluding carboxylic acids is 1. The summed E-state index contributed by atoms with van der Waals surface area (Å²) in [4.78, 5) is 25.4. The van der Waals surface area contributed by atoms with Gasteiger partial charge in [0.1, 0.15) is 11.9 Å². The third-order valence-corrected chi connectivity index (χ3v) is 8.11. The summed E-state index contributed by atoms with van der Waals surface area (Å²) in [5.41, 5.74) is 3.57. The lowest BCUT2D eigenvalue weighted by molar-refractivity contribution is -0.121. The van der Waals surface area contributed by atoms with Crippen molar-refractivity contribution in [2.45, 2.75) is 54.5 Å². The van der Waals surface area contributed by atoms with Gasteiger partial charge in [-0.1, -0.05) is 12.1 Å². The largest absolute Gasteiger partial charge is 0.472 e. The summed E-state index contributed by atoms with van der Waals surface area (Å²) in [7, 11) is 0. The van der Waals surface area contributed by atoms with E-state index in [0.29, 0.717) is 11.9 Å². The topological polar surface area (TPSA) is 70.6 Å². The molecule has 1 aromatic carbocycles. The lowest BCUT2D eigenvalue weighted by Crippen LogP contribution is -2.49. The summed E-state index contributed by atoms with van der Waals surface area (Å²) in [6.45, 7) is 3.33. The third-order valence-electron chi connectivity index (χ3n) is 5.89. The van der Waals surface area contributed by atoms with E-state index in [1.54, 1.807) is 43.2 Å². The quantitative estimate of drug-likeness (QED) is 0.673. The number of ether oxygens (including phenoxy) is 1. The zero-order chi connectivity index (χ0) is 20.5. The molecule has 1 aliphatic carbocycles. The molecule has 9 heteroatoms. The van der Waals surface area contributed by atoms with E-state index in [4.69, 9.17) is 4.74 Å². The molecule has 0 atom stereocenters. The van der Waals surface area contributed by atoms with Crippen LogP contribution in [0.5, 0.6) is 5.88 Å². The molecule has 0 bridgehead atoms. The van der Waals surface area contributed by atoms with Crippen LogP contribution < -0.4 is 15.1 Å². The molecule has 30 heavy (non-hydrogen) atoms. The first-order valence-corrected chi connectivity index (χ1v) is 11.9. The van der Waals surface area contributed by atoms with Gasteiger partial charge in [0.25, 0.3) is 5.88 Å². The summed E-state index contributed by atoms with van der Waals surface area (Å²) < 4.78 is 8.35. The molecule has 1 N–H and O–H groups in total. The minimum absolute atomic E-state index is 0.146. The molecule has 0 amide bonds. The second kappa shape index (κ2) is 8.74. The molecular weight excluding hydrogens is 418 g/mol. The van der Waals surface area contributed by atoms with E-state index in [1.807, 2.05) is 0 Å². The Kier molecular flexibility index (Phi) is 5.86. The Morgan fingerprint density at radius 2 is 1.77 bits per heavy atom. The number of aromatic nitrogens is 2. The average molecular weight is 444 g/mol. The molecule has 2 fully saturated rings. The van der Waals surface area contributed by atoms with E-state index in [0.717, 1.165) is 44.6 Å². The normalized spacial score (nSPS) is 24.4. The van der Waals surface area contributed by atoms with E-state index < -0.39 is 0 Å². The summed E-state index contributed by atoms with van der Waals surface area (Å²) in [5.74, 6) is 1.88. The Balaban J connectivity index is 1.13. The van der Waals surface area contributed by atoms with Gasteiger partial charge >= 0.3 is 0 Å². The van der Waals surface area contributed by atoms with Crippen molar-refractivity contribution in [2.75, 3.05) is 18.0 Å². The first-order chi connectivity index (χ1) is 14.7. The second-order valence-electron chi connectivity index (χ2n) is 7.98. The van der Waals surface area contributed by atoms with Crippen LogP contribution in [0.2, 0.25) is 0 Å². The summed E-state index contributed by atoms with van der Waals surface area (Å²) in [5, 5.41) is 0. The van der Waals surface area contributed by atoms with Crippen LogP contribution in [0.25, 0.3) is 0 Å². The highest BCUT2D eigenvalue weighted by Crippen LogP contribution is 2.45. The summed E-state index contributed by atoms with van der Waals surface area (Å²) in [6, 6.07) is 8.84. The van der Waals surface area contributed by atoms with Gasteiger partial charge in [0.15, 0.2) is 5.82 Å². The number of Topliss-reactive ketones (excluding diaryl/α,β-unsaturated/α-hetero) is 1. The van der Waals surface area contributed by atoms with Crippen molar-refractivity contribution in [1.82, 2.24) is 19.2 Å². The van der Waals surface area contributed by atoms with Crippen LogP contribution in [0, 0.1) is 5.92 Å². The highest BCUT2D eigenvalue weighted by atomic mass is 32.2. The van der Waals surface area contributed by atoms with Gasteiger partial charge in [-0.2, -0.15) is 0 Å². The number of piperidine rings is 1. The van der Waals surface area contributed by atoms with Crippen LogP contribution in [0.4, 0.5) is 5.82 Å². The van der Waals surface area contributed by atoms with Crippen LogP contribution in [0.1, 0.15) is 32.6 Å². The molecule has 0 radical (unpaired) electrons. The summed E-state index contributed by atoms with van der Waals surface area (Å²) >= 11 is 3.47. The van der Waals surface area contributed by atoms with Crippen LogP contribution in [-0.2, 0) is 4.79 Å². The van der Waals surface area contributed by atoms with E-state index in [2.05, 4.69) is 48.4 Å². The average Bonchev–Trinajstić information content (AvgIpc) is 3.15. The van der Waals surface area contributed by atoms with E-state index in [1.165, 1.54) is 9.79 Å². The Morgan fingerprint density at radius 1 is 1.10 bits per heavy atom. The minimum Gasteiger partial charge on any atom is -0.472 e. The van der Waals surface area contributed by atoms with Crippen molar-refractivity contribution in [3.8, 4) is 5.88 Å². The SMILES string of the molecule is CC(=O)C1CCN(c2nccnc2OC2CC(NN3Sc4ccccc4S3)C2)CC1. The van der Waals surface area contributed by atoms with Crippen molar-refractivity contribution in [3.63, 3.8) is 0 Å². The van der Waals surface area contributed by atoms with Crippen LogP contribution in [0.3, 0.4) is 0 Å². The number of nitrogens with zero attached hydrogens (tertiary/aromatic N) is 4. The number of benzene rings is 1. The number of ketones is 1. The molecule has 0 unspecified atom stereocenters. The molecule has 3 aliphatic rings. The van der Waals surface area contributed by atoms with Crippen LogP contribution >= 0.6 is 23.9 Å². The Morgan fingerprint density at radius 3 is 2.43 bits per heavy atom. The fraction of sp³-hybridized carbons (Fsp3) is 0.476. The molecule has 7 nitrogen and oxygen atoms in total. The van der Waals surface area contributed by atoms with E-state index >= 15 is 0 Å². The lowest BCUT2D eigenvalue weighted by atomic mass is 9.90.